The molecule has 18 heavy (non-hydrogen) atoms. The number of rotatable bonds is 2. The van der Waals surface area contributed by atoms with E-state index in [4.69, 9.17) is 0 Å². The first kappa shape index (κ1) is 10.5. The van der Waals surface area contributed by atoms with Gasteiger partial charge in [0.05, 0.1) is 10.6 Å². The summed E-state index contributed by atoms with van der Waals surface area (Å²) < 4.78 is 3.46. The third kappa shape index (κ3) is 1.53. The van der Waals surface area contributed by atoms with E-state index in [1.807, 2.05) is 13.2 Å². The molecule has 0 bridgehead atoms. The van der Waals surface area contributed by atoms with Gasteiger partial charge in [-0.15, -0.1) is 0 Å². The van der Waals surface area contributed by atoms with Gasteiger partial charge in [0.1, 0.15) is 6.33 Å². The van der Waals surface area contributed by atoms with Gasteiger partial charge in [-0.3, -0.25) is 14.5 Å². The molecular formula is C11H9N5O2. The maximum atomic E-state index is 10.6. The quantitative estimate of drug-likeness (QED) is 0.506. The van der Waals surface area contributed by atoms with Crippen molar-refractivity contribution in [2.45, 2.75) is 0 Å². The molecule has 0 N–H and O–H groups in total. The van der Waals surface area contributed by atoms with Crippen molar-refractivity contribution >= 4 is 11.5 Å². The fraction of sp³-hybridized carbons (Fsp3) is 0.0909. The van der Waals surface area contributed by atoms with Crippen LogP contribution in [0.4, 0.5) is 5.69 Å². The summed E-state index contributed by atoms with van der Waals surface area (Å²) in [7, 11) is 1.81. The molecule has 1 aromatic carbocycles. The Labute approximate surface area is 101 Å². The maximum Gasteiger partial charge on any atom is 0.269 e. The highest BCUT2D eigenvalue weighted by Crippen LogP contribution is 2.21. The number of imidazole rings is 1. The van der Waals surface area contributed by atoms with Gasteiger partial charge in [0.2, 0.25) is 5.78 Å². The zero-order valence-electron chi connectivity index (χ0n) is 9.52. The van der Waals surface area contributed by atoms with Gasteiger partial charge in [0, 0.05) is 30.9 Å². The SMILES string of the molecule is Cn1ncn2cc(-c3ccc([N+](=O)[O-])cc3)nc12. The normalized spacial score (nSPS) is 10.9. The maximum absolute atomic E-state index is 10.6. The number of hydrogen-bond acceptors (Lipinski definition) is 4. The Morgan fingerprint density at radius 3 is 2.61 bits per heavy atom. The van der Waals surface area contributed by atoms with Gasteiger partial charge in [0.25, 0.3) is 5.69 Å². The van der Waals surface area contributed by atoms with E-state index < -0.39 is 4.92 Å². The van der Waals surface area contributed by atoms with Crippen LogP contribution in [0.15, 0.2) is 36.8 Å². The van der Waals surface area contributed by atoms with Crippen LogP contribution in [0.3, 0.4) is 0 Å². The van der Waals surface area contributed by atoms with Crippen molar-refractivity contribution in [1.82, 2.24) is 19.2 Å². The molecule has 2 heterocycles. The second kappa shape index (κ2) is 3.66. The molecule has 0 aliphatic rings. The molecule has 0 amide bonds. The molecule has 0 fully saturated rings. The first-order valence-electron chi connectivity index (χ1n) is 5.27. The minimum absolute atomic E-state index is 0.0733. The lowest BCUT2D eigenvalue weighted by Gasteiger charge is -1.95. The second-order valence-electron chi connectivity index (χ2n) is 3.89. The molecule has 0 spiro atoms. The molecule has 7 nitrogen and oxygen atoms in total. The first-order valence-corrected chi connectivity index (χ1v) is 5.27. The van der Waals surface area contributed by atoms with Crippen molar-refractivity contribution in [3.63, 3.8) is 0 Å². The summed E-state index contributed by atoms with van der Waals surface area (Å²) in [6.45, 7) is 0. The monoisotopic (exact) mass is 243 g/mol. The number of non-ortho nitro benzene ring substituents is 1. The molecule has 3 rings (SSSR count). The van der Waals surface area contributed by atoms with Gasteiger partial charge in [0.15, 0.2) is 0 Å². The number of aryl methyl sites for hydroxylation is 1. The van der Waals surface area contributed by atoms with Crippen LogP contribution in [0.2, 0.25) is 0 Å². The number of benzene rings is 1. The first-order chi connectivity index (χ1) is 8.65. The number of nitro groups is 1. The molecule has 7 heteroatoms. The highest BCUT2D eigenvalue weighted by atomic mass is 16.6. The standard InChI is InChI=1S/C11H9N5O2/c1-14-11-13-10(6-15(11)7-12-14)8-2-4-9(5-3-8)16(17)18/h2-7H,1H3. The zero-order valence-corrected chi connectivity index (χ0v) is 9.52. The lowest BCUT2D eigenvalue weighted by Crippen LogP contribution is -1.90. The second-order valence-corrected chi connectivity index (χ2v) is 3.89. The van der Waals surface area contributed by atoms with Gasteiger partial charge in [-0.25, -0.2) is 9.67 Å². The summed E-state index contributed by atoms with van der Waals surface area (Å²) in [4.78, 5) is 14.6. The Hall–Kier alpha value is -2.70. The van der Waals surface area contributed by atoms with Crippen LogP contribution in [-0.2, 0) is 7.05 Å². The number of nitro benzene ring substituents is 1. The summed E-state index contributed by atoms with van der Waals surface area (Å²) in [5, 5.41) is 14.6. The molecule has 0 radical (unpaired) electrons. The average molecular weight is 243 g/mol. The van der Waals surface area contributed by atoms with Crippen molar-refractivity contribution in [2.24, 2.45) is 7.05 Å². The van der Waals surface area contributed by atoms with Crippen LogP contribution in [0, 0.1) is 10.1 Å². The van der Waals surface area contributed by atoms with Crippen molar-refractivity contribution in [1.29, 1.82) is 0 Å². The fourth-order valence-electron chi connectivity index (χ4n) is 1.79. The Balaban J connectivity index is 2.05. The molecule has 0 saturated heterocycles. The lowest BCUT2D eigenvalue weighted by atomic mass is 10.1. The smallest absolute Gasteiger partial charge is 0.269 e. The largest absolute Gasteiger partial charge is 0.272 e. The summed E-state index contributed by atoms with van der Waals surface area (Å²) in [6, 6.07) is 6.32. The molecule has 3 aromatic rings. The highest BCUT2D eigenvalue weighted by Gasteiger charge is 2.09. The fourth-order valence-corrected chi connectivity index (χ4v) is 1.79. The van der Waals surface area contributed by atoms with Crippen LogP contribution in [-0.4, -0.2) is 24.1 Å². The molecule has 0 atom stereocenters. The molecule has 0 aliphatic carbocycles. The predicted octanol–water partition coefficient (Wildman–Crippen LogP) is 1.64. The number of nitrogens with zero attached hydrogens (tertiary/aromatic N) is 5. The van der Waals surface area contributed by atoms with E-state index in [2.05, 4.69) is 10.1 Å². The lowest BCUT2D eigenvalue weighted by molar-refractivity contribution is -0.384. The van der Waals surface area contributed by atoms with Gasteiger partial charge in [-0.05, 0) is 12.1 Å². The minimum Gasteiger partial charge on any atom is -0.272 e. The molecule has 90 valence electrons. The topological polar surface area (TPSA) is 78.3 Å². The van der Waals surface area contributed by atoms with Crippen LogP contribution >= 0.6 is 0 Å². The third-order valence-electron chi connectivity index (χ3n) is 2.73. The third-order valence-corrected chi connectivity index (χ3v) is 2.73. The van der Waals surface area contributed by atoms with Crippen molar-refractivity contribution in [3.05, 3.63) is 46.9 Å². The van der Waals surface area contributed by atoms with Crippen LogP contribution in [0.25, 0.3) is 17.0 Å². The van der Waals surface area contributed by atoms with E-state index >= 15 is 0 Å². The summed E-state index contributed by atoms with van der Waals surface area (Å²) >= 11 is 0. The minimum atomic E-state index is -0.419. The average Bonchev–Trinajstić information content (AvgIpc) is 2.92. The Bertz CT molecular complexity index is 726. The van der Waals surface area contributed by atoms with Gasteiger partial charge in [-0.2, -0.15) is 5.10 Å². The van der Waals surface area contributed by atoms with E-state index in [0.29, 0.717) is 0 Å². The Kier molecular flexibility index (Phi) is 2.12. The van der Waals surface area contributed by atoms with Gasteiger partial charge >= 0.3 is 0 Å². The predicted molar refractivity (Wildman–Crippen MR) is 64.0 cm³/mol. The summed E-state index contributed by atoms with van der Waals surface area (Å²) in [6.07, 6.45) is 3.50. The number of fused-ring (bicyclic) bond motifs is 1. The molecule has 2 aromatic heterocycles. The van der Waals surface area contributed by atoms with E-state index in [1.54, 1.807) is 27.5 Å². The number of aromatic nitrogens is 4. The molecule has 0 aliphatic heterocycles. The molecular weight excluding hydrogens is 234 g/mol. The van der Waals surface area contributed by atoms with Crippen LogP contribution in [0.1, 0.15) is 0 Å². The van der Waals surface area contributed by atoms with Gasteiger partial charge < -0.3 is 0 Å². The van der Waals surface area contributed by atoms with E-state index in [-0.39, 0.29) is 5.69 Å². The summed E-state index contributed by atoms with van der Waals surface area (Å²) in [5.41, 5.74) is 1.67. The molecule has 0 unspecified atom stereocenters. The van der Waals surface area contributed by atoms with Gasteiger partial charge in [-0.1, -0.05) is 0 Å². The van der Waals surface area contributed by atoms with E-state index in [1.165, 1.54) is 12.1 Å². The Morgan fingerprint density at radius 2 is 2.00 bits per heavy atom. The van der Waals surface area contributed by atoms with Crippen molar-refractivity contribution < 1.29 is 4.92 Å². The highest BCUT2D eigenvalue weighted by molar-refractivity contribution is 5.62. The molecule has 0 saturated carbocycles. The van der Waals surface area contributed by atoms with Crippen LogP contribution in [0.5, 0.6) is 0 Å². The van der Waals surface area contributed by atoms with Crippen LogP contribution < -0.4 is 0 Å². The van der Waals surface area contributed by atoms with E-state index in [9.17, 15) is 10.1 Å². The summed E-state index contributed by atoms with van der Waals surface area (Å²) in [5.74, 6) is 0.725. The van der Waals surface area contributed by atoms with Crippen molar-refractivity contribution in [2.75, 3.05) is 0 Å². The zero-order chi connectivity index (χ0) is 12.7. The van der Waals surface area contributed by atoms with Crippen molar-refractivity contribution in [3.8, 4) is 11.3 Å². The Morgan fingerprint density at radius 1 is 1.28 bits per heavy atom. The number of hydrogen-bond donors (Lipinski definition) is 0. The van der Waals surface area contributed by atoms with E-state index in [0.717, 1.165) is 17.0 Å².